The summed E-state index contributed by atoms with van der Waals surface area (Å²) < 4.78 is 4.92. The monoisotopic (exact) mass is 289 g/mol. The number of carbonyl (C=O) groups excluding carboxylic acids is 2. The molecule has 0 radical (unpaired) electrons. The fraction of sp³-hybridized carbons (Fsp3) is 0.357. The standard InChI is InChI=1S/C14H15N3O4/c18-9-16-3-5-17(6-4-16)13(19)8-10-1-2-12-11(7-10)15-14(20)21-12/h1-2,7,9H,3-6,8H2,(H,15,20). The molecule has 7 heteroatoms. The maximum atomic E-state index is 12.2. The molecule has 1 N–H and O–H groups in total. The van der Waals surface area contributed by atoms with Crippen LogP contribution >= 0.6 is 0 Å². The zero-order valence-corrected chi connectivity index (χ0v) is 11.4. The van der Waals surface area contributed by atoms with Crippen LogP contribution in [0.15, 0.2) is 27.4 Å². The number of nitrogens with zero attached hydrogens (tertiary/aromatic N) is 2. The Morgan fingerprint density at radius 1 is 1.29 bits per heavy atom. The summed E-state index contributed by atoms with van der Waals surface area (Å²) in [6.07, 6.45) is 1.08. The molecule has 1 aromatic heterocycles. The molecule has 1 fully saturated rings. The minimum Gasteiger partial charge on any atom is -0.408 e. The third-order valence-electron chi connectivity index (χ3n) is 3.65. The Balaban J connectivity index is 1.68. The summed E-state index contributed by atoms with van der Waals surface area (Å²) >= 11 is 0. The molecule has 7 nitrogen and oxygen atoms in total. The molecule has 2 heterocycles. The van der Waals surface area contributed by atoms with Crippen molar-refractivity contribution in [1.82, 2.24) is 14.8 Å². The van der Waals surface area contributed by atoms with Gasteiger partial charge in [0.1, 0.15) is 0 Å². The maximum absolute atomic E-state index is 12.2. The summed E-state index contributed by atoms with van der Waals surface area (Å²) in [5.74, 6) is -0.482. The Hall–Kier alpha value is -2.57. The van der Waals surface area contributed by atoms with Gasteiger partial charge in [0.15, 0.2) is 5.58 Å². The van der Waals surface area contributed by atoms with Gasteiger partial charge in [-0.2, -0.15) is 0 Å². The zero-order valence-electron chi connectivity index (χ0n) is 11.4. The quantitative estimate of drug-likeness (QED) is 0.804. The van der Waals surface area contributed by atoms with Crippen LogP contribution in [0, 0.1) is 0 Å². The highest BCUT2D eigenvalue weighted by Crippen LogP contribution is 2.14. The Labute approximate surface area is 120 Å². The van der Waals surface area contributed by atoms with Gasteiger partial charge in [-0.25, -0.2) is 4.79 Å². The van der Waals surface area contributed by atoms with Gasteiger partial charge in [0, 0.05) is 26.2 Å². The van der Waals surface area contributed by atoms with Gasteiger partial charge in [0.05, 0.1) is 11.9 Å². The lowest BCUT2D eigenvalue weighted by Crippen LogP contribution is -2.48. The van der Waals surface area contributed by atoms with E-state index >= 15 is 0 Å². The molecule has 0 unspecified atom stereocenters. The van der Waals surface area contributed by atoms with Crippen LogP contribution in [0.3, 0.4) is 0 Å². The fourth-order valence-electron chi connectivity index (χ4n) is 2.47. The topological polar surface area (TPSA) is 86.6 Å². The Morgan fingerprint density at radius 2 is 2.05 bits per heavy atom. The first-order valence-corrected chi connectivity index (χ1v) is 6.74. The Bertz CT molecular complexity index is 725. The zero-order chi connectivity index (χ0) is 14.8. The van der Waals surface area contributed by atoms with Crippen LogP contribution in [0.4, 0.5) is 0 Å². The third-order valence-corrected chi connectivity index (χ3v) is 3.65. The number of hydrogen-bond donors (Lipinski definition) is 1. The second-order valence-corrected chi connectivity index (χ2v) is 5.04. The number of aromatic amines is 1. The van der Waals surface area contributed by atoms with E-state index in [1.165, 1.54) is 0 Å². The molecule has 1 saturated heterocycles. The average molecular weight is 289 g/mol. The molecule has 0 atom stereocenters. The van der Waals surface area contributed by atoms with Crippen molar-refractivity contribution in [1.29, 1.82) is 0 Å². The lowest BCUT2D eigenvalue weighted by Gasteiger charge is -2.32. The van der Waals surface area contributed by atoms with E-state index in [1.54, 1.807) is 28.0 Å². The number of benzene rings is 1. The van der Waals surface area contributed by atoms with Crippen LogP contribution in [0.2, 0.25) is 0 Å². The number of amides is 2. The largest absolute Gasteiger partial charge is 0.417 e. The minimum absolute atomic E-state index is 0.0192. The number of H-pyrrole nitrogens is 1. The van der Waals surface area contributed by atoms with E-state index in [0.717, 1.165) is 12.0 Å². The SMILES string of the molecule is O=CN1CCN(C(=O)Cc2ccc3oc(=O)[nH]c3c2)CC1. The van der Waals surface area contributed by atoms with E-state index in [9.17, 15) is 14.4 Å². The molecule has 1 aliphatic heterocycles. The highest BCUT2D eigenvalue weighted by Gasteiger charge is 2.20. The van der Waals surface area contributed by atoms with E-state index in [1.807, 2.05) is 0 Å². The summed E-state index contributed by atoms with van der Waals surface area (Å²) in [4.78, 5) is 39.9. The number of rotatable bonds is 3. The minimum atomic E-state index is -0.501. The van der Waals surface area contributed by atoms with Crippen molar-refractivity contribution in [2.75, 3.05) is 26.2 Å². The molecule has 0 spiro atoms. The van der Waals surface area contributed by atoms with Gasteiger partial charge in [-0.15, -0.1) is 0 Å². The third kappa shape index (κ3) is 2.81. The molecule has 0 saturated carbocycles. The van der Waals surface area contributed by atoms with Crippen LogP contribution in [0.25, 0.3) is 11.1 Å². The predicted octanol–water partition coefficient (Wildman–Crippen LogP) is -0.0358. The first-order valence-electron chi connectivity index (χ1n) is 6.74. The van der Waals surface area contributed by atoms with Gasteiger partial charge in [-0.1, -0.05) is 6.07 Å². The predicted molar refractivity (Wildman–Crippen MR) is 74.8 cm³/mol. The van der Waals surface area contributed by atoms with E-state index in [4.69, 9.17) is 4.42 Å². The Kier molecular flexibility index (Phi) is 3.47. The van der Waals surface area contributed by atoms with Crippen LogP contribution in [-0.4, -0.2) is 53.3 Å². The fourth-order valence-corrected chi connectivity index (χ4v) is 2.47. The van der Waals surface area contributed by atoms with Crippen LogP contribution < -0.4 is 5.76 Å². The lowest BCUT2D eigenvalue weighted by atomic mass is 10.1. The van der Waals surface area contributed by atoms with Crippen molar-refractivity contribution in [2.45, 2.75) is 6.42 Å². The Morgan fingerprint density at radius 3 is 2.76 bits per heavy atom. The van der Waals surface area contributed by atoms with Gasteiger partial charge in [-0.05, 0) is 17.7 Å². The first-order chi connectivity index (χ1) is 10.2. The van der Waals surface area contributed by atoms with Gasteiger partial charge >= 0.3 is 5.76 Å². The molecular weight excluding hydrogens is 274 g/mol. The summed E-state index contributed by atoms with van der Waals surface area (Å²) in [6.45, 7) is 2.26. The second kappa shape index (κ2) is 5.43. The summed E-state index contributed by atoms with van der Waals surface area (Å²) in [6, 6.07) is 5.21. The number of nitrogens with one attached hydrogen (secondary N) is 1. The van der Waals surface area contributed by atoms with Crippen molar-refractivity contribution in [3.8, 4) is 0 Å². The average Bonchev–Trinajstić information content (AvgIpc) is 2.86. The highest BCUT2D eigenvalue weighted by atomic mass is 16.4. The van der Waals surface area contributed by atoms with Crippen LogP contribution in [0.5, 0.6) is 0 Å². The molecule has 3 rings (SSSR count). The highest BCUT2D eigenvalue weighted by molar-refractivity contribution is 5.81. The van der Waals surface area contributed by atoms with Crippen molar-refractivity contribution >= 4 is 23.4 Å². The molecule has 2 amide bonds. The molecule has 2 aromatic rings. The molecule has 0 bridgehead atoms. The normalized spacial score (nSPS) is 15.4. The van der Waals surface area contributed by atoms with Gasteiger partial charge < -0.3 is 14.2 Å². The van der Waals surface area contributed by atoms with Gasteiger partial charge in [-0.3, -0.25) is 14.6 Å². The second-order valence-electron chi connectivity index (χ2n) is 5.04. The number of oxazole rings is 1. The van der Waals surface area contributed by atoms with E-state index in [0.29, 0.717) is 37.3 Å². The van der Waals surface area contributed by atoms with E-state index < -0.39 is 5.76 Å². The number of carbonyl (C=O) groups is 2. The van der Waals surface area contributed by atoms with Crippen molar-refractivity contribution in [2.24, 2.45) is 0 Å². The maximum Gasteiger partial charge on any atom is 0.417 e. The molecular formula is C14H15N3O4. The first kappa shape index (κ1) is 13.4. The molecule has 1 aromatic carbocycles. The van der Waals surface area contributed by atoms with Gasteiger partial charge in [0.25, 0.3) is 0 Å². The molecule has 0 aliphatic carbocycles. The van der Waals surface area contributed by atoms with E-state index in [2.05, 4.69) is 4.98 Å². The number of fused-ring (bicyclic) bond motifs is 1. The number of aromatic nitrogens is 1. The molecule has 110 valence electrons. The summed E-state index contributed by atoms with van der Waals surface area (Å²) in [7, 11) is 0. The molecule has 1 aliphatic rings. The lowest BCUT2D eigenvalue weighted by molar-refractivity contribution is -0.134. The van der Waals surface area contributed by atoms with Crippen LogP contribution in [0.1, 0.15) is 5.56 Å². The number of piperazine rings is 1. The number of hydrogen-bond acceptors (Lipinski definition) is 4. The van der Waals surface area contributed by atoms with Crippen LogP contribution in [-0.2, 0) is 16.0 Å². The van der Waals surface area contributed by atoms with Crippen molar-refractivity contribution in [3.05, 3.63) is 34.3 Å². The van der Waals surface area contributed by atoms with E-state index in [-0.39, 0.29) is 12.3 Å². The molecule has 21 heavy (non-hydrogen) atoms. The summed E-state index contributed by atoms with van der Waals surface area (Å²) in [5, 5.41) is 0. The summed E-state index contributed by atoms with van der Waals surface area (Å²) in [5.41, 5.74) is 1.90. The smallest absolute Gasteiger partial charge is 0.408 e. The van der Waals surface area contributed by atoms with Crippen molar-refractivity contribution in [3.63, 3.8) is 0 Å². The van der Waals surface area contributed by atoms with Crippen molar-refractivity contribution < 1.29 is 14.0 Å². The van der Waals surface area contributed by atoms with Gasteiger partial charge in [0.2, 0.25) is 12.3 Å².